The lowest BCUT2D eigenvalue weighted by molar-refractivity contribution is 0.681. The summed E-state index contributed by atoms with van der Waals surface area (Å²) in [6.07, 6.45) is 20.5. The number of aryl methyl sites for hydroxylation is 8. The maximum absolute atomic E-state index is 2.50. The van der Waals surface area contributed by atoms with E-state index in [4.69, 9.17) is 0 Å². The summed E-state index contributed by atoms with van der Waals surface area (Å²) in [6, 6.07) is 46.2. The Labute approximate surface area is 564 Å². The van der Waals surface area contributed by atoms with E-state index in [1.807, 2.05) is 111 Å². The predicted octanol–water partition coefficient (Wildman–Crippen LogP) is 27.5. The summed E-state index contributed by atoms with van der Waals surface area (Å²) in [5, 5.41) is 2.73. The predicted molar refractivity (Wildman–Crippen MR) is 415 cm³/mol. The number of hydrogen-bond donors (Lipinski definition) is 0. The van der Waals surface area contributed by atoms with Gasteiger partial charge in [0.2, 0.25) is 0 Å². The topological polar surface area (TPSA) is 0 Å². The van der Waals surface area contributed by atoms with Gasteiger partial charge in [0.1, 0.15) is 0 Å². The Morgan fingerprint density at radius 3 is 1.09 bits per heavy atom. The molecule has 92 heavy (non-hydrogen) atoms. The van der Waals surface area contributed by atoms with Crippen LogP contribution in [0.1, 0.15) is 272 Å². The zero-order valence-corrected chi connectivity index (χ0v) is 62.9. The van der Waals surface area contributed by atoms with E-state index in [2.05, 4.69) is 177 Å². The molecule has 0 heteroatoms. The average molecular weight is 1230 g/mol. The highest BCUT2D eigenvalue weighted by molar-refractivity contribution is 6.01. The minimum absolute atomic E-state index is 1.09. The van der Waals surface area contributed by atoms with E-state index < -0.39 is 0 Å². The molecular formula is C92H124. The Balaban J connectivity index is 0.000000207. The highest BCUT2D eigenvalue weighted by Gasteiger charge is 2.29. The van der Waals surface area contributed by atoms with Crippen molar-refractivity contribution in [2.24, 2.45) is 0 Å². The lowest BCUT2D eigenvalue weighted by Crippen LogP contribution is -2.05. The van der Waals surface area contributed by atoms with Crippen molar-refractivity contribution >= 4 is 10.8 Å². The van der Waals surface area contributed by atoms with E-state index in [1.165, 1.54) is 189 Å². The third-order valence-electron chi connectivity index (χ3n) is 19.9. The van der Waals surface area contributed by atoms with Crippen LogP contribution in [0.15, 0.2) is 121 Å². The molecule has 0 unspecified atom stereocenters. The second-order valence-electron chi connectivity index (χ2n) is 24.0. The monoisotopic (exact) mass is 1230 g/mol. The molecule has 9 aromatic carbocycles. The Morgan fingerprint density at radius 1 is 0.217 bits per heavy atom. The fourth-order valence-corrected chi connectivity index (χ4v) is 14.9. The smallest absolute Gasteiger partial charge is 0.000789 e. The molecule has 0 aromatic heterocycles. The fraction of sp³-hybridized carbons (Fsp3) is 0.435. The molecule has 0 atom stereocenters. The highest BCUT2D eigenvalue weighted by atomic mass is 14.3. The zero-order valence-electron chi connectivity index (χ0n) is 62.9. The molecule has 492 valence electrons. The molecule has 7 aliphatic rings. The second-order valence-corrected chi connectivity index (χ2v) is 24.0. The quantitative estimate of drug-likeness (QED) is 0.142. The van der Waals surface area contributed by atoms with Crippen molar-refractivity contribution in [3.63, 3.8) is 0 Å². The van der Waals surface area contributed by atoms with E-state index in [1.54, 1.807) is 72.3 Å². The van der Waals surface area contributed by atoms with E-state index >= 15 is 0 Å². The molecule has 0 N–H and O–H groups in total. The summed E-state index contributed by atoms with van der Waals surface area (Å²) in [5.41, 5.74) is 45.9. The lowest BCUT2D eigenvalue weighted by atomic mass is 9.85. The Bertz CT molecular complexity index is 3830. The summed E-state index contributed by atoms with van der Waals surface area (Å²) >= 11 is 0. The van der Waals surface area contributed by atoms with Gasteiger partial charge in [-0.25, -0.2) is 0 Å². The third kappa shape index (κ3) is 15.9. The Kier molecular flexibility index (Phi) is 30.7. The zero-order chi connectivity index (χ0) is 67.9. The van der Waals surface area contributed by atoms with Gasteiger partial charge in [-0.3, -0.25) is 0 Å². The van der Waals surface area contributed by atoms with E-state index in [-0.39, 0.29) is 0 Å². The molecule has 9 aromatic rings. The number of hydrogen-bond acceptors (Lipinski definition) is 0. The standard InChI is InChI=1S/C19H20.C19H16.2C19H20.8C2H6/c2*1-12-7-10-17-18(13(12)2)11-15-9-8-14-5-3-4-6-16(14)19(15)17;1-12-7-9-16-17-10-8-14-5-3-4-6-15(14)19(17)11-18(16)13(12)2;1-12-7-8-17-18(13(12)2)11-16-9-14-5-3-4-6-15(14)10-19(16)17;8*1-2/h7-10H,3-6,11H2,1-2H3;3-10H,11H2,1-2H3;2*7-10H,3-6,11H2,1-2H3;8*1-2H3. The molecule has 0 saturated carbocycles. The van der Waals surface area contributed by atoms with Crippen LogP contribution in [-0.4, -0.2) is 0 Å². The molecule has 0 spiro atoms. The first-order valence-corrected chi connectivity index (χ1v) is 37.3. The molecular weight excluding hydrogens is 1110 g/mol. The van der Waals surface area contributed by atoms with Gasteiger partial charge in [0, 0.05) is 0 Å². The molecule has 16 rings (SSSR count). The van der Waals surface area contributed by atoms with Crippen molar-refractivity contribution in [2.75, 3.05) is 0 Å². The van der Waals surface area contributed by atoms with Crippen molar-refractivity contribution in [1.82, 2.24) is 0 Å². The van der Waals surface area contributed by atoms with Crippen LogP contribution >= 0.6 is 0 Å². The van der Waals surface area contributed by atoms with Gasteiger partial charge in [0.25, 0.3) is 0 Å². The molecule has 0 fully saturated rings. The SMILES string of the molecule is CC.CC.CC.CC.CC.CC.CC.CC.Cc1ccc2c(c1C)Cc1c-2ccc2c1CCCC2.Cc1ccc2c(c1C)Cc1cc3c(cc1-2)CCCC3.Cc1ccc2c(c1C)Cc1ccc3c(c1-2)CCCC3.Cc1ccc2c(c1C)Cc1ccc3ccccc3c1-2. The lowest BCUT2D eigenvalue weighted by Gasteiger charge is -2.20. The van der Waals surface area contributed by atoms with Gasteiger partial charge in [0.05, 0.1) is 0 Å². The first kappa shape index (κ1) is 76.0. The first-order valence-electron chi connectivity index (χ1n) is 37.3. The van der Waals surface area contributed by atoms with E-state index in [0.29, 0.717) is 0 Å². The minimum Gasteiger partial charge on any atom is -0.0683 e. The molecule has 0 heterocycles. The third-order valence-corrected chi connectivity index (χ3v) is 19.9. The van der Waals surface area contributed by atoms with Crippen LogP contribution in [-0.2, 0) is 64.2 Å². The summed E-state index contributed by atoms with van der Waals surface area (Å²) in [6.45, 7) is 50.0. The summed E-state index contributed by atoms with van der Waals surface area (Å²) < 4.78 is 0. The summed E-state index contributed by atoms with van der Waals surface area (Å²) in [5.74, 6) is 0. The van der Waals surface area contributed by atoms with Crippen LogP contribution in [0.5, 0.6) is 0 Å². The second kappa shape index (κ2) is 37.2. The Morgan fingerprint density at radius 2 is 0.554 bits per heavy atom. The maximum atomic E-state index is 2.50. The first-order chi connectivity index (χ1) is 45.0. The molecule has 7 aliphatic carbocycles. The minimum atomic E-state index is 1.09. The van der Waals surface area contributed by atoms with Crippen LogP contribution in [0.2, 0.25) is 0 Å². The number of rotatable bonds is 0. The molecule has 0 radical (unpaired) electrons. The van der Waals surface area contributed by atoms with Gasteiger partial charge in [-0.2, -0.15) is 0 Å². The van der Waals surface area contributed by atoms with Crippen molar-refractivity contribution in [1.29, 1.82) is 0 Å². The molecule has 0 bridgehead atoms. The molecule has 0 nitrogen and oxygen atoms in total. The highest BCUT2D eigenvalue weighted by Crippen LogP contribution is 2.47. The van der Waals surface area contributed by atoms with Gasteiger partial charge in [-0.15, -0.1) is 0 Å². The maximum Gasteiger partial charge on any atom is -0.000789 e. The van der Waals surface area contributed by atoms with Crippen LogP contribution in [0.4, 0.5) is 0 Å². The summed E-state index contributed by atoms with van der Waals surface area (Å²) in [4.78, 5) is 0. The van der Waals surface area contributed by atoms with Crippen LogP contribution in [0.3, 0.4) is 0 Å². The van der Waals surface area contributed by atoms with Gasteiger partial charge in [-0.05, 0) is 336 Å². The number of fused-ring (bicyclic) bond motifs is 19. The Hall–Kier alpha value is -6.76. The van der Waals surface area contributed by atoms with Crippen molar-refractivity contribution in [2.45, 2.75) is 269 Å². The van der Waals surface area contributed by atoms with Crippen molar-refractivity contribution in [3.8, 4) is 44.5 Å². The van der Waals surface area contributed by atoms with E-state index in [0.717, 1.165) is 19.3 Å². The van der Waals surface area contributed by atoms with Crippen LogP contribution < -0.4 is 0 Å². The largest absolute Gasteiger partial charge is 0.0683 e. The molecule has 0 aliphatic heterocycles. The summed E-state index contributed by atoms with van der Waals surface area (Å²) in [7, 11) is 0. The van der Waals surface area contributed by atoms with Crippen molar-refractivity contribution < 1.29 is 0 Å². The number of benzene rings is 9. The van der Waals surface area contributed by atoms with Gasteiger partial charge < -0.3 is 0 Å². The van der Waals surface area contributed by atoms with Gasteiger partial charge in [-0.1, -0.05) is 232 Å². The van der Waals surface area contributed by atoms with Crippen LogP contribution in [0.25, 0.3) is 55.3 Å². The molecule has 0 saturated heterocycles. The van der Waals surface area contributed by atoms with E-state index in [9.17, 15) is 0 Å². The van der Waals surface area contributed by atoms with Crippen molar-refractivity contribution in [3.05, 3.63) is 244 Å². The fourth-order valence-electron chi connectivity index (χ4n) is 14.9. The molecule has 0 amide bonds. The van der Waals surface area contributed by atoms with Gasteiger partial charge in [0.15, 0.2) is 0 Å². The van der Waals surface area contributed by atoms with Crippen LogP contribution in [0, 0.1) is 55.4 Å². The van der Waals surface area contributed by atoms with Gasteiger partial charge >= 0.3 is 0 Å². The average Bonchev–Trinajstić information content (AvgIpc) is 1.67. The normalized spacial score (nSPS) is 13.0.